The average molecular weight is 383 g/mol. The second-order valence-electron chi connectivity index (χ2n) is 5.58. The van der Waals surface area contributed by atoms with Gasteiger partial charge in [-0.25, -0.2) is 9.78 Å². The fraction of sp³-hybridized carbons (Fsp3) is 0.0500. The molecule has 0 atom stereocenters. The fourth-order valence-electron chi connectivity index (χ4n) is 2.37. The van der Waals surface area contributed by atoms with Gasteiger partial charge in [0.2, 0.25) is 0 Å². The quantitative estimate of drug-likeness (QED) is 0.669. The average Bonchev–Trinajstić information content (AvgIpc) is 2.67. The Morgan fingerprint density at radius 2 is 1.81 bits per heavy atom. The third kappa shape index (κ3) is 5.05. The Balaban J connectivity index is 1.76. The maximum Gasteiger partial charge on any atom is 0.341 e. The maximum atomic E-state index is 12.5. The summed E-state index contributed by atoms with van der Waals surface area (Å²) in [6.07, 6.45) is 0. The number of amides is 1. The van der Waals surface area contributed by atoms with Crippen molar-refractivity contribution >= 4 is 29.2 Å². The summed E-state index contributed by atoms with van der Waals surface area (Å²) in [5.41, 5.74) is 2.15. The van der Waals surface area contributed by atoms with Crippen LogP contribution in [0.25, 0.3) is 11.3 Å². The number of carbonyl (C=O) groups is 2. The van der Waals surface area contributed by atoms with E-state index in [1.807, 2.05) is 12.1 Å². The molecule has 7 heteroatoms. The molecule has 6 nitrogen and oxygen atoms in total. The molecule has 1 amide bonds. The Kier molecular flexibility index (Phi) is 5.68. The molecular weight excluding hydrogens is 368 g/mol. The van der Waals surface area contributed by atoms with Gasteiger partial charge in [-0.1, -0.05) is 35.9 Å². The van der Waals surface area contributed by atoms with Gasteiger partial charge < -0.3 is 15.2 Å². The number of nitrogens with one attached hydrogen (secondary N) is 1. The molecule has 136 valence electrons. The van der Waals surface area contributed by atoms with Crippen LogP contribution in [0.2, 0.25) is 5.02 Å². The zero-order valence-corrected chi connectivity index (χ0v) is 14.8. The van der Waals surface area contributed by atoms with Gasteiger partial charge in [0.25, 0.3) is 5.91 Å². The first kappa shape index (κ1) is 18.4. The van der Waals surface area contributed by atoms with Gasteiger partial charge >= 0.3 is 5.97 Å². The van der Waals surface area contributed by atoms with Crippen molar-refractivity contribution in [3.8, 4) is 17.0 Å². The summed E-state index contributed by atoms with van der Waals surface area (Å²) in [5.74, 6) is -1.13. The lowest BCUT2D eigenvalue weighted by molar-refractivity contribution is -0.139. The van der Waals surface area contributed by atoms with Crippen LogP contribution in [0.15, 0.2) is 66.7 Å². The fourth-order valence-corrected chi connectivity index (χ4v) is 2.56. The SMILES string of the molecule is O=C(O)COc1cccc(NC(=O)c2cccc(-c3cccc(Cl)c3)n2)c1. The molecule has 0 saturated carbocycles. The minimum atomic E-state index is -1.08. The van der Waals surface area contributed by atoms with Crippen LogP contribution >= 0.6 is 11.6 Å². The number of hydrogen-bond donors (Lipinski definition) is 2. The second-order valence-corrected chi connectivity index (χ2v) is 6.02. The predicted molar refractivity (Wildman–Crippen MR) is 102 cm³/mol. The lowest BCUT2D eigenvalue weighted by Gasteiger charge is -2.09. The number of aliphatic carboxylic acids is 1. The highest BCUT2D eigenvalue weighted by Crippen LogP contribution is 2.22. The van der Waals surface area contributed by atoms with E-state index >= 15 is 0 Å². The molecule has 0 aliphatic carbocycles. The summed E-state index contributed by atoms with van der Waals surface area (Å²) < 4.78 is 5.10. The van der Waals surface area contributed by atoms with E-state index in [-0.39, 0.29) is 5.69 Å². The monoisotopic (exact) mass is 382 g/mol. The number of carboxylic acid groups (broad SMARTS) is 1. The highest BCUT2D eigenvalue weighted by atomic mass is 35.5. The Morgan fingerprint density at radius 3 is 2.59 bits per heavy atom. The first-order valence-corrected chi connectivity index (χ1v) is 8.38. The van der Waals surface area contributed by atoms with Crippen LogP contribution in [0, 0.1) is 0 Å². The highest BCUT2D eigenvalue weighted by Gasteiger charge is 2.10. The first-order valence-electron chi connectivity index (χ1n) is 8.00. The molecule has 0 fully saturated rings. The topological polar surface area (TPSA) is 88.5 Å². The van der Waals surface area contributed by atoms with Gasteiger partial charge in [-0.3, -0.25) is 4.79 Å². The van der Waals surface area contributed by atoms with Crippen LogP contribution in [-0.4, -0.2) is 28.6 Å². The smallest absolute Gasteiger partial charge is 0.341 e. The number of anilines is 1. The number of nitrogens with zero attached hydrogens (tertiary/aromatic N) is 1. The molecule has 3 rings (SSSR count). The van der Waals surface area contributed by atoms with E-state index in [0.29, 0.717) is 22.2 Å². The van der Waals surface area contributed by atoms with Gasteiger partial charge in [-0.05, 0) is 36.4 Å². The van der Waals surface area contributed by atoms with Gasteiger partial charge in [0.15, 0.2) is 6.61 Å². The van der Waals surface area contributed by atoms with Crippen LogP contribution < -0.4 is 10.1 Å². The molecule has 3 aromatic rings. The lowest BCUT2D eigenvalue weighted by Crippen LogP contribution is -2.14. The molecule has 2 aromatic carbocycles. The normalized spacial score (nSPS) is 10.3. The number of ether oxygens (including phenoxy) is 1. The number of halogens is 1. The molecule has 0 unspecified atom stereocenters. The van der Waals surface area contributed by atoms with Crippen molar-refractivity contribution in [1.29, 1.82) is 0 Å². The molecule has 27 heavy (non-hydrogen) atoms. The van der Waals surface area contributed by atoms with Crippen molar-refractivity contribution in [2.75, 3.05) is 11.9 Å². The Hall–Kier alpha value is -3.38. The van der Waals surface area contributed by atoms with Crippen LogP contribution in [0.4, 0.5) is 5.69 Å². The van der Waals surface area contributed by atoms with Crippen LogP contribution in [0.1, 0.15) is 10.5 Å². The first-order chi connectivity index (χ1) is 13.0. The van der Waals surface area contributed by atoms with Gasteiger partial charge in [0.1, 0.15) is 11.4 Å². The predicted octanol–water partition coefficient (Wildman–Crippen LogP) is 4.12. The molecule has 0 bridgehead atoms. The minimum absolute atomic E-state index is 0.240. The number of hydrogen-bond acceptors (Lipinski definition) is 4. The zero-order valence-electron chi connectivity index (χ0n) is 14.1. The number of carboxylic acids is 1. The Labute approximate surface area is 160 Å². The number of carbonyl (C=O) groups excluding carboxylic acids is 1. The van der Waals surface area contributed by atoms with Gasteiger partial charge in [0, 0.05) is 22.3 Å². The number of rotatable bonds is 6. The van der Waals surface area contributed by atoms with E-state index in [9.17, 15) is 9.59 Å². The van der Waals surface area contributed by atoms with E-state index in [1.54, 1.807) is 54.6 Å². The van der Waals surface area contributed by atoms with Crippen molar-refractivity contribution in [3.05, 3.63) is 77.4 Å². The summed E-state index contributed by atoms with van der Waals surface area (Å²) in [6.45, 7) is -0.458. The van der Waals surface area contributed by atoms with Crippen LogP contribution in [-0.2, 0) is 4.79 Å². The van der Waals surface area contributed by atoms with E-state index in [0.717, 1.165) is 5.56 Å². The van der Waals surface area contributed by atoms with Gasteiger partial charge in [0.05, 0.1) is 5.69 Å². The third-order valence-electron chi connectivity index (χ3n) is 3.56. The molecule has 0 saturated heterocycles. The standard InChI is InChI=1S/C20H15ClN2O4/c21-14-5-1-4-13(10-14)17-8-3-9-18(23-17)20(26)22-15-6-2-7-16(11-15)27-12-19(24)25/h1-11H,12H2,(H,22,26)(H,24,25). The molecule has 1 heterocycles. The molecule has 0 radical (unpaired) electrons. The van der Waals surface area contributed by atoms with Crippen LogP contribution in [0.3, 0.4) is 0 Å². The van der Waals surface area contributed by atoms with Crippen molar-refractivity contribution in [2.24, 2.45) is 0 Å². The van der Waals surface area contributed by atoms with Gasteiger partial charge in [-0.15, -0.1) is 0 Å². The molecule has 1 aromatic heterocycles. The maximum absolute atomic E-state index is 12.5. The summed E-state index contributed by atoms with van der Waals surface area (Å²) in [4.78, 5) is 27.5. The molecule has 0 aliphatic rings. The Morgan fingerprint density at radius 1 is 1.04 bits per heavy atom. The summed E-state index contributed by atoms with van der Waals surface area (Å²) in [7, 11) is 0. The second kappa shape index (κ2) is 8.33. The summed E-state index contributed by atoms with van der Waals surface area (Å²) in [5, 5.41) is 12.0. The van der Waals surface area contributed by atoms with Crippen LogP contribution in [0.5, 0.6) is 5.75 Å². The Bertz CT molecular complexity index is 991. The molecular formula is C20H15ClN2O4. The summed E-state index contributed by atoms with van der Waals surface area (Å²) in [6, 6.07) is 18.8. The van der Waals surface area contributed by atoms with Crippen molar-refractivity contribution in [3.63, 3.8) is 0 Å². The van der Waals surface area contributed by atoms with Crippen molar-refractivity contribution in [2.45, 2.75) is 0 Å². The minimum Gasteiger partial charge on any atom is -0.482 e. The number of benzene rings is 2. The van der Waals surface area contributed by atoms with Gasteiger partial charge in [-0.2, -0.15) is 0 Å². The molecule has 2 N–H and O–H groups in total. The van der Waals surface area contributed by atoms with E-state index in [1.165, 1.54) is 0 Å². The van der Waals surface area contributed by atoms with E-state index in [2.05, 4.69) is 10.3 Å². The highest BCUT2D eigenvalue weighted by molar-refractivity contribution is 6.30. The van der Waals surface area contributed by atoms with Crippen molar-refractivity contribution in [1.82, 2.24) is 4.98 Å². The van der Waals surface area contributed by atoms with E-state index < -0.39 is 18.5 Å². The molecule has 0 spiro atoms. The lowest BCUT2D eigenvalue weighted by atomic mass is 10.1. The summed E-state index contributed by atoms with van der Waals surface area (Å²) >= 11 is 6.01. The third-order valence-corrected chi connectivity index (χ3v) is 3.79. The zero-order chi connectivity index (χ0) is 19.2. The largest absolute Gasteiger partial charge is 0.482 e. The van der Waals surface area contributed by atoms with E-state index in [4.69, 9.17) is 21.4 Å². The number of aromatic nitrogens is 1. The van der Waals surface area contributed by atoms with Crippen molar-refractivity contribution < 1.29 is 19.4 Å². The number of pyridine rings is 1. The molecule has 0 aliphatic heterocycles.